The Kier molecular flexibility index (Phi) is 2.18. The smallest absolute Gasteiger partial charge is 0.266 e. The molecule has 0 aliphatic rings. The third-order valence-electron chi connectivity index (χ3n) is 1.98. The molecule has 2 aromatic rings. The largest absolute Gasteiger partial charge is 0.303 e. The van der Waals surface area contributed by atoms with Gasteiger partial charge in [-0.15, -0.1) is 0 Å². The molecule has 2 rings (SSSR count). The van der Waals surface area contributed by atoms with E-state index in [-0.39, 0.29) is 11.4 Å². The number of nitrogens with zero attached hydrogens (tertiary/aromatic N) is 1. The summed E-state index contributed by atoms with van der Waals surface area (Å²) >= 11 is 0. The Hall–Kier alpha value is -1.84. The number of aromatic nitrogens is 2. The average Bonchev–Trinajstić information content (AvgIpc) is 2.56. The predicted molar refractivity (Wildman–Crippen MR) is 50.6 cm³/mol. The minimum atomic E-state index is -0.271. The van der Waals surface area contributed by atoms with E-state index in [2.05, 4.69) is 5.10 Å². The molecular weight excluding hydrogens is 183 g/mol. The molecule has 0 amide bonds. The predicted octanol–water partition coefficient (Wildman–Crippen LogP) is 1.36. The molecule has 0 radical (unpaired) electrons. The maximum atomic E-state index is 12.6. The van der Waals surface area contributed by atoms with E-state index in [1.807, 2.05) is 0 Å². The number of H-pyrrole nitrogens is 1. The molecule has 3 nitrogen and oxygen atoms in total. The van der Waals surface area contributed by atoms with E-state index >= 15 is 0 Å². The third kappa shape index (κ3) is 1.74. The van der Waals surface area contributed by atoms with Gasteiger partial charge in [-0.25, -0.2) is 9.07 Å². The van der Waals surface area contributed by atoms with Crippen molar-refractivity contribution in [3.05, 3.63) is 58.3 Å². The van der Waals surface area contributed by atoms with Gasteiger partial charge in [0.1, 0.15) is 5.82 Å². The van der Waals surface area contributed by atoms with Crippen molar-refractivity contribution in [3.8, 4) is 0 Å². The highest BCUT2D eigenvalue weighted by Crippen LogP contribution is 2.03. The van der Waals surface area contributed by atoms with Crippen LogP contribution in [-0.2, 0) is 6.54 Å². The van der Waals surface area contributed by atoms with E-state index in [9.17, 15) is 9.18 Å². The second kappa shape index (κ2) is 3.49. The van der Waals surface area contributed by atoms with Crippen LogP contribution in [-0.4, -0.2) is 9.78 Å². The molecule has 0 bridgehead atoms. The fourth-order valence-corrected chi connectivity index (χ4v) is 1.25. The van der Waals surface area contributed by atoms with E-state index in [0.29, 0.717) is 6.54 Å². The molecule has 0 spiro atoms. The SMILES string of the molecule is O=c1cc[nH]n1Cc1ccc(F)cc1. The van der Waals surface area contributed by atoms with Crippen LogP contribution >= 0.6 is 0 Å². The molecule has 1 aromatic carbocycles. The highest BCUT2D eigenvalue weighted by molar-refractivity contribution is 5.16. The standard InChI is InChI=1S/C10H9FN2O/c11-9-3-1-8(2-4-9)7-13-10(14)5-6-12-13/h1-6,12H,7H2. The summed E-state index contributed by atoms with van der Waals surface area (Å²) in [6.07, 6.45) is 1.58. The maximum Gasteiger partial charge on any atom is 0.266 e. The van der Waals surface area contributed by atoms with E-state index in [4.69, 9.17) is 0 Å². The summed E-state index contributed by atoms with van der Waals surface area (Å²) in [4.78, 5) is 11.1. The van der Waals surface area contributed by atoms with E-state index < -0.39 is 0 Å². The molecule has 1 N–H and O–H groups in total. The number of rotatable bonds is 2. The van der Waals surface area contributed by atoms with Gasteiger partial charge in [0.25, 0.3) is 5.56 Å². The number of nitrogens with one attached hydrogen (secondary N) is 1. The summed E-state index contributed by atoms with van der Waals surface area (Å²) in [5.41, 5.74) is 0.797. The summed E-state index contributed by atoms with van der Waals surface area (Å²) in [5, 5.41) is 2.78. The molecule has 4 heteroatoms. The number of aromatic amines is 1. The Balaban J connectivity index is 2.23. The van der Waals surface area contributed by atoms with Crippen molar-refractivity contribution in [1.29, 1.82) is 0 Å². The second-order valence-corrected chi connectivity index (χ2v) is 3.01. The second-order valence-electron chi connectivity index (χ2n) is 3.01. The van der Waals surface area contributed by atoms with Crippen molar-refractivity contribution in [1.82, 2.24) is 9.78 Å². The van der Waals surface area contributed by atoms with Crippen molar-refractivity contribution in [2.24, 2.45) is 0 Å². The Bertz CT molecular complexity index is 469. The van der Waals surface area contributed by atoms with Crippen LogP contribution in [0.1, 0.15) is 5.56 Å². The first-order valence-electron chi connectivity index (χ1n) is 4.24. The molecule has 0 fully saturated rings. The van der Waals surface area contributed by atoms with Crippen LogP contribution in [0.15, 0.2) is 41.3 Å². The van der Waals surface area contributed by atoms with Gasteiger partial charge in [0.05, 0.1) is 6.54 Å². The number of hydrogen-bond donors (Lipinski definition) is 1. The molecule has 0 saturated heterocycles. The van der Waals surface area contributed by atoms with Gasteiger partial charge in [0, 0.05) is 12.3 Å². The summed E-state index contributed by atoms with van der Waals surface area (Å²) in [7, 11) is 0. The van der Waals surface area contributed by atoms with E-state index in [1.54, 1.807) is 18.3 Å². The molecule has 0 saturated carbocycles. The van der Waals surface area contributed by atoms with Crippen molar-refractivity contribution in [3.63, 3.8) is 0 Å². The highest BCUT2D eigenvalue weighted by atomic mass is 19.1. The summed E-state index contributed by atoms with van der Waals surface area (Å²) in [6, 6.07) is 7.52. The Morgan fingerprint density at radius 1 is 1.21 bits per heavy atom. The van der Waals surface area contributed by atoms with Gasteiger partial charge < -0.3 is 5.10 Å². The molecular formula is C10H9FN2O. The van der Waals surface area contributed by atoms with Gasteiger partial charge in [0.2, 0.25) is 0 Å². The minimum absolute atomic E-state index is 0.0886. The lowest BCUT2D eigenvalue weighted by Gasteiger charge is -2.01. The zero-order chi connectivity index (χ0) is 9.97. The zero-order valence-corrected chi connectivity index (χ0v) is 7.40. The first-order valence-corrected chi connectivity index (χ1v) is 4.24. The van der Waals surface area contributed by atoms with Crippen LogP contribution in [0.5, 0.6) is 0 Å². The van der Waals surface area contributed by atoms with Crippen LogP contribution in [0.2, 0.25) is 0 Å². The Morgan fingerprint density at radius 3 is 2.50 bits per heavy atom. The van der Waals surface area contributed by atoms with Crippen LogP contribution in [0.25, 0.3) is 0 Å². The minimum Gasteiger partial charge on any atom is -0.303 e. The van der Waals surface area contributed by atoms with Crippen LogP contribution in [0, 0.1) is 5.82 Å². The monoisotopic (exact) mass is 192 g/mol. The van der Waals surface area contributed by atoms with Gasteiger partial charge in [-0.3, -0.25) is 4.79 Å². The molecule has 0 unspecified atom stereocenters. The molecule has 14 heavy (non-hydrogen) atoms. The van der Waals surface area contributed by atoms with Crippen molar-refractivity contribution in [2.75, 3.05) is 0 Å². The van der Waals surface area contributed by atoms with E-state index in [0.717, 1.165) is 5.56 Å². The summed E-state index contributed by atoms with van der Waals surface area (Å²) < 4.78 is 14.0. The fourth-order valence-electron chi connectivity index (χ4n) is 1.25. The molecule has 0 atom stereocenters. The van der Waals surface area contributed by atoms with Crippen molar-refractivity contribution in [2.45, 2.75) is 6.54 Å². The zero-order valence-electron chi connectivity index (χ0n) is 7.40. The van der Waals surface area contributed by atoms with Gasteiger partial charge in [-0.2, -0.15) is 0 Å². The third-order valence-corrected chi connectivity index (χ3v) is 1.98. The fraction of sp³-hybridized carbons (Fsp3) is 0.100. The van der Waals surface area contributed by atoms with Gasteiger partial charge in [-0.05, 0) is 17.7 Å². The van der Waals surface area contributed by atoms with Crippen LogP contribution in [0.3, 0.4) is 0 Å². The molecule has 0 aliphatic heterocycles. The van der Waals surface area contributed by atoms with Gasteiger partial charge in [-0.1, -0.05) is 12.1 Å². The molecule has 1 heterocycles. The normalized spacial score (nSPS) is 10.4. The molecule has 0 aliphatic carbocycles. The lowest BCUT2D eigenvalue weighted by atomic mass is 10.2. The lowest BCUT2D eigenvalue weighted by Crippen LogP contribution is -2.16. The van der Waals surface area contributed by atoms with Crippen molar-refractivity contribution < 1.29 is 4.39 Å². The lowest BCUT2D eigenvalue weighted by molar-refractivity contribution is 0.623. The van der Waals surface area contributed by atoms with Gasteiger partial charge >= 0.3 is 0 Å². The number of benzene rings is 1. The van der Waals surface area contributed by atoms with E-state index in [1.165, 1.54) is 22.9 Å². The number of hydrogen-bond acceptors (Lipinski definition) is 1. The topological polar surface area (TPSA) is 37.8 Å². The van der Waals surface area contributed by atoms with Crippen LogP contribution < -0.4 is 5.56 Å². The Morgan fingerprint density at radius 2 is 1.93 bits per heavy atom. The first-order chi connectivity index (χ1) is 6.75. The van der Waals surface area contributed by atoms with Crippen molar-refractivity contribution >= 4 is 0 Å². The molecule has 1 aromatic heterocycles. The van der Waals surface area contributed by atoms with Crippen LogP contribution in [0.4, 0.5) is 4.39 Å². The van der Waals surface area contributed by atoms with Gasteiger partial charge in [0.15, 0.2) is 0 Å². The summed E-state index contributed by atoms with van der Waals surface area (Å²) in [5.74, 6) is -0.271. The maximum absolute atomic E-state index is 12.6. The summed E-state index contributed by atoms with van der Waals surface area (Å²) in [6.45, 7) is 0.437. The first kappa shape index (κ1) is 8.74. The average molecular weight is 192 g/mol. The molecule has 72 valence electrons. The highest BCUT2D eigenvalue weighted by Gasteiger charge is 1.97. The quantitative estimate of drug-likeness (QED) is 0.766. The number of halogens is 1. The Labute approximate surface area is 79.8 Å².